The highest BCUT2D eigenvalue weighted by Gasteiger charge is 2.09. The van der Waals surface area contributed by atoms with Gasteiger partial charge in [0.1, 0.15) is 17.3 Å². The minimum absolute atomic E-state index is 0.766. The van der Waals surface area contributed by atoms with Crippen molar-refractivity contribution in [2.24, 2.45) is 0 Å². The van der Waals surface area contributed by atoms with Crippen LogP contribution in [0.5, 0.6) is 0 Å². The second-order valence-electron chi connectivity index (χ2n) is 4.80. The average molecular weight is 261 g/mol. The van der Waals surface area contributed by atoms with Crippen molar-refractivity contribution in [2.75, 3.05) is 6.54 Å². The molecule has 0 fully saturated rings. The van der Waals surface area contributed by atoms with Gasteiger partial charge in [0.15, 0.2) is 0 Å². The lowest BCUT2D eigenvalue weighted by Gasteiger charge is -2.04. The topological polar surface area (TPSA) is 43.0 Å². The third-order valence-electron chi connectivity index (χ3n) is 3.24. The molecule has 0 bridgehead atoms. The molecular weight excluding hydrogens is 238 g/mol. The molecule has 2 aromatic heterocycles. The third-order valence-corrected chi connectivity index (χ3v) is 3.24. The fourth-order valence-corrected chi connectivity index (χ4v) is 2.20. The smallest absolute Gasteiger partial charge is 0.124 e. The Balaban J connectivity index is 2.08. The highest BCUT2D eigenvalue weighted by Crippen LogP contribution is 2.16. The highest BCUT2D eigenvalue weighted by atomic mass is 16.3. The van der Waals surface area contributed by atoms with Crippen molar-refractivity contribution in [1.29, 1.82) is 0 Å². The van der Waals surface area contributed by atoms with E-state index in [2.05, 4.69) is 34.8 Å². The molecule has 0 aliphatic heterocycles. The quantitative estimate of drug-likeness (QED) is 0.833. The second-order valence-corrected chi connectivity index (χ2v) is 4.80. The van der Waals surface area contributed by atoms with Crippen LogP contribution >= 0.6 is 0 Å². The maximum atomic E-state index is 5.83. The predicted molar refractivity (Wildman–Crippen MR) is 76.1 cm³/mol. The van der Waals surface area contributed by atoms with Crippen LogP contribution in [0.4, 0.5) is 0 Å². The number of hydrogen-bond donors (Lipinski definition) is 1. The summed E-state index contributed by atoms with van der Waals surface area (Å²) in [6.45, 7) is 8.92. The van der Waals surface area contributed by atoms with Gasteiger partial charge in [0.2, 0.25) is 0 Å². The molecule has 2 aromatic rings. The van der Waals surface area contributed by atoms with Crippen LogP contribution in [0.25, 0.3) is 0 Å². The molecule has 4 nitrogen and oxygen atoms in total. The van der Waals surface area contributed by atoms with Gasteiger partial charge in [0.05, 0.1) is 6.54 Å². The minimum atomic E-state index is 0.766. The molecular formula is C15H23N3O. The van der Waals surface area contributed by atoms with Crippen LogP contribution in [0.1, 0.15) is 43.2 Å². The van der Waals surface area contributed by atoms with Crippen molar-refractivity contribution in [3.8, 4) is 0 Å². The van der Waals surface area contributed by atoms with Crippen LogP contribution in [-0.4, -0.2) is 16.1 Å². The summed E-state index contributed by atoms with van der Waals surface area (Å²) in [7, 11) is 0. The summed E-state index contributed by atoms with van der Waals surface area (Å²) in [4.78, 5) is 4.39. The van der Waals surface area contributed by atoms with E-state index >= 15 is 0 Å². The van der Waals surface area contributed by atoms with Crippen molar-refractivity contribution in [3.63, 3.8) is 0 Å². The number of aromatic nitrogens is 2. The van der Waals surface area contributed by atoms with E-state index in [4.69, 9.17) is 4.42 Å². The average Bonchev–Trinajstić information content (AvgIpc) is 2.96. The summed E-state index contributed by atoms with van der Waals surface area (Å²) < 4.78 is 8.00. The lowest BCUT2D eigenvalue weighted by molar-refractivity contribution is 0.463. The summed E-state index contributed by atoms with van der Waals surface area (Å²) in [5, 5.41) is 3.33. The Bertz CT molecular complexity index is 513. The van der Waals surface area contributed by atoms with Crippen LogP contribution in [0.15, 0.2) is 22.9 Å². The summed E-state index contributed by atoms with van der Waals surface area (Å²) in [6, 6.07) is 2.15. The zero-order chi connectivity index (χ0) is 13.7. The Morgan fingerprint density at radius 3 is 2.95 bits per heavy atom. The monoisotopic (exact) mass is 261 g/mol. The Morgan fingerprint density at radius 1 is 1.37 bits per heavy atom. The first kappa shape index (κ1) is 13.9. The van der Waals surface area contributed by atoms with Gasteiger partial charge >= 0.3 is 0 Å². The molecule has 0 saturated heterocycles. The third kappa shape index (κ3) is 3.47. The largest absolute Gasteiger partial charge is 0.464 e. The van der Waals surface area contributed by atoms with Crippen LogP contribution in [0.2, 0.25) is 0 Å². The number of furan rings is 1. The molecule has 0 aromatic carbocycles. The first-order valence-electron chi connectivity index (χ1n) is 7.03. The minimum Gasteiger partial charge on any atom is -0.464 e. The first-order chi connectivity index (χ1) is 9.24. The van der Waals surface area contributed by atoms with Gasteiger partial charge in [-0.15, -0.1) is 0 Å². The molecule has 2 rings (SSSR count). The summed E-state index contributed by atoms with van der Waals surface area (Å²) >= 11 is 0. The van der Waals surface area contributed by atoms with E-state index in [-0.39, 0.29) is 0 Å². The molecule has 0 aliphatic rings. The SMILES string of the molecule is CCCc1nccn1Cc1cc(CNCC)c(C)o1. The Morgan fingerprint density at radius 2 is 2.21 bits per heavy atom. The molecule has 0 saturated carbocycles. The van der Waals surface area contributed by atoms with Crippen LogP contribution in [0.3, 0.4) is 0 Å². The maximum Gasteiger partial charge on any atom is 0.124 e. The molecule has 0 amide bonds. The van der Waals surface area contributed by atoms with Crippen molar-refractivity contribution >= 4 is 0 Å². The van der Waals surface area contributed by atoms with Gasteiger partial charge in [0, 0.05) is 30.9 Å². The zero-order valence-electron chi connectivity index (χ0n) is 12.1. The molecule has 2 heterocycles. The Hall–Kier alpha value is -1.55. The highest BCUT2D eigenvalue weighted by molar-refractivity contribution is 5.21. The molecule has 0 unspecified atom stereocenters. The predicted octanol–water partition coefficient (Wildman–Crippen LogP) is 2.89. The number of hydrogen-bond acceptors (Lipinski definition) is 3. The zero-order valence-corrected chi connectivity index (χ0v) is 12.1. The van der Waals surface area contributed by atoms with E-state index in [1.807, 2.05) is 19.3 Å². The number of rotatable bonds is 7. The number of aryl methyl sites for hydroxylation is 2. The molecule has 19 heavy (non-hydrogen) atoms. The molecule has 1 N–H and O–H groups in total. The first-order valence-corrected chi connectivity index (χ1v) is 7.03. The molecule has 104 valence electrons. The molecule has 0 radical (unpaired) electrons. The van der Waals surface area contributed by atoms with Crippen LogP contribution in [-0.2, 0) is 19.5 Å². The van der Waals surface area contributed by atoms with E-state index in [1.54, 1.807) is 0 Å². The molecule has 0 atom stereocenters. The van der Waals surface area contributed by atoms with Gasteiger partial charge in [-0.2, -0.15) is 0 Å². The van der Waals surface area contributed by atoms with Crippen molar-refractivity contribution in [1.82, 2.24) is 14.9 Å². The number of nitrogens with zero attached hydrogens (tertiary/aromatic N) is 2. The number of imidazole rings is 1. The van der Waals surface area contributed by atoms with Gasteiger partial charge in [-0.25, -0.2) is 4.98 Å². The molecule has 4 heteroatoms. The molecule has 0 aliphatic carbocycles. The van der Waals surface area contributed by atoms with E-state index < -0.39 is 0 Å². The molecule has 0 spiro atoms. The standard InChI is InChI=1S/C15H23N3O/c1-4-6-15-17-7-8-18(15)11-14-9-13(10-16-5-2)12(3)19-14/h7-9,16H,4-6,10-11H2,1-3H3. The fourth-order valence-electron chi connectivity index (χ4n) is 2.20. The van der Waals surface area contributed by atoms with Gasteiger partial charge in [-0.3, -0.25) is 0 Å². The Labute approximate surface area is 114 Å². The lowest BCUT2D eigenvalue weighted by Crippen LogP contribution is -2.11. The van der Waals surface area contributed by atoms with Crippen molar-refractivity contribution in [2.45, 2.75) is 46.7 Å². The number of nitrogens with one attached hydrogen (secondary N) is 1. The van der Waals surface area contributed by atoms with Crippen LogP contribution in [0, 0.1) is 6.92 Å². The van der Waals surface area contributed by atoms with Gasteiger partial charge in [0.25, 0.3) is 0 Å². The normalized spacial score (nSPS) is 11.1. The van der Waals surface area contributed by atoms with Gasteiger partial charge < -0.3 is 14.3 Å². The Kier molecular flexibility index (Phi) is 4.80. The fraction of sp³-hybridized carbons (Fsp3) is 0.533. The second kappa shape index (κ2) is 6.57. The van der Waals surface area contributed by atoms with E-state index in [9.17, 15) is 0 Å². The van der Waals surface area contributed by atoms with Gasteiger partial charge in [-0.05, 0) is 26.0 Å². The summed E-state index contributed by atoms with van der Waals surface area (Å²) in [6.07, 6.45) is 6.00. The lowest BCUT2D eigenvalue weighted by atomic mass is 10.2. The van der Waals surface area contributed by atoms with E-state index in [0.717, 1.165) is 49.8 Å². The van der Waals surface area contributed by atoms with Crippen LogP contribution < -0.4 is 5.32 Å². The van der Waals surface area contributed by atoms with Crippen molar-refractivity contribution < 1.29 is 4.42 Å². The maximum absolute atomic E-state index is 5.83. The van der Waals surface area contributed by atoms with E-state index in [1.165, 1.54) is 5.56 Å². The van der Waals surface area contributed by atoms with Gasteiger partial charge in [-0.1, -0.05) is 13.8 Å². The summed E-state index contributed by atoms with van der Waals surface area (Å²) in [5.74, 6) is 3.14. The van der Waals surface area contributed by atoms with Crippen molar-refractivity contribution in [3.05, 3.63) is 41.4 Å². The van der Waals surface area contributed by atoms with E-state index in [0.29, 0.717) is 0 Å². The summed E-state index contributed by atoms with van der Waals surface area (Å²) in [5.41, 5.74) is 1.24.